The lowest BCUT2D eigenvalue weighted by atomic mass is 10.1. The molecule has 1 aliphatic rings. The second-order valence-corrected chi connectivity index (χ2v) is 6.62. The minimum absolute atomic E-state index is 0.270. The molecule has 0 bridgehead atoms. The molecule has 1 rings (SSSR count). The Labute approximate surface area is 146 Å². The highest BCUT2D eigenvalue weighted by molar-refractivity contribution is 4.88. The Bertz CT molecular complexity index is 321. The molecule has 0 aliphatic carbocycles. The molecular weight excluding hydrogens is 308 g/mol. The van der Waals surface area contributed by atoms with Gasteiger partial charge >= 0.3 is 0 Å². The van der Waals surface area contributed by atoms with E-state index in [0.29, 0.717) is 6.61 Å². The highest BCUT2D eigenvalue weighted by Gasteiger charge is 2.40. The first-order chi connectivity index (χ1) is 11.7. The zero-order valence-corrected chi connectivity index (χ0v) is 15.1. The van der Waals surface area contributed by atoms with E-state index in [4.69, 9.17) is 14.6 Å². The van der Waals surface area contributed by atoms with Crippen LogP contribution in [0, 0.1) is 0 Å². The van der Waals surface area contributed by atoms with Gasteiger partial charge in [-0.05, 0) is 32.1 Å². The summed E-state index contributed by atoms with van der Waals surface area (Å²) in [6.07, 6.45) is 12.3. The normalized spacial score (nSPS) is 25.6. The van der Waals surface area contributed by atoms with Gasteiger partial charge in [0.05, 0.1) is 13.2 Å². The summed E-state index contributed by atoms with van der Waals surface area (Å²) in [5.74, 6) is 0. The van der Waals surface area contributed by atoms with E-state index >= 15 is 0 Å². The number of unbranched alkanes of at least 4 members (excludes halogenated alkanes) is 7. The molecule has 142 valence electrons. The quantitative estimate of drug-likeness (QED) is 0.333. The Kier molecular flexibility index (Phi) is 12.4. The second-order valence-electron chi connectivity index (χ2n) is 6.62. The van der Waals surface area contributed by atoms with E-state index in [1.54, 1.807) is 0 Å². The molecule has 0 saturated carbocycles. The molecule has 0 unspecified atom stereocenters. The highest BCUT2D eigenvalue weighted by Crippen LogP contribution is 2.20. The van der Waals surface area contributed by atoms with Crippen molar-refractivity contribution in [2.24, 2.45) is 0 Å². The fraction of sp³-hybridized carbons (Fsp3) is 0.895. The number of rotatable bonds is 14. The molecule has 4 atom stereocenters. The molecule has 0 radical (unpaired) electrons. The van der Waals surface area contributed by atoms with Crippen LogP contribution in [-0.2, 0) is 9.47 Å². The van der Waals surface area contributed by atoms with Crippen molar-refractivity contribution >= 4 is 0 Å². The van der Waals surface area contributed by atoms with Crippen LogP contribution in [0.1, 0.15) is 64.7 Å². The molecule has 0 amide bonds. The molecule has 1 heterocycles. The Morgan fingerprint density at radius 2 is 1.75 bits per heavy atom. The van der Waals surface area contributed by atoms with E-state index in [0.717, 1.165) is 19.3 Å². The summed E-state index contributed by atoms with van der Waals surface area (Å²) >= 11 is 0. The third-order valence-electron chi connectivity index (χ3n) is 4.47. The zero-order valence-electron chi connectivity index (χ0n) is 15.1. The maximum absolute atomic E-state index is 10.00. The molecule has 0 aromatic rings. The van der Waals surface area contributed by atoms with Crippen LogP contribution in [0.4, 0.5) is 0 Å². The number of hydrogen-bond donors (Lipinski definition) is 3. The molecule has 0 aromatic heterocycles. The van der Waals surface area contributed by atoms with E-state index in [1.165, 1.54) is 38.5 Å². The van der Waals surface area contributed by atoms with Crippen molar-refractivity contribution < 1.29 is 24.8 Å². The maximum Gasteiger partial charge on any atom is 0.114 e. The van der Waals surface area contributed by atoms with Crippen molar-refractivity contribution in [3.63, 3.8) is 0 Å². The van der Waals surface area contributed by atoms with Crippen molar-refractivity contribution in [2.75, 3.05) is 19.8 Å². The van der Waals surface area contributed by atoms with Gasteiger partial charge < -0.3 is 24.8 Å². The summed E-state index contributed by atoms with van der Waals surface area (Å²) in [6.45, 7) is 2.68. The topological polar surface area (TPSA) is 79.2 Å². The molecule has 3 N–H and O–H groups in total. The van der Waals surface area contributed by atoms with Crippen molar-refractivity contribution in [1.29, 1.82) is 0 Å². The molecule has 24 heavy (non-hydrogen) atoms. The van der Waals surface area contributed by atoms with Crippen LogP contribution in [-0.4, -0.2) is 59.6 Å². The Balaban J connectivity index is 1.94. The van der Waals surface area contributed by atoms with E-state index in [-0.39, 0.29) is 6.61 Å². The number of ether oxygens (including phenoxy) is 2. The van der Waals surface area contributed by atoms with Crippen LogP contribution < -0.4 is 0 Å². The van der Waals surface area contributed by atoms with Gasteiger partial charge in [-0.1, -0.05) is 44.8 Å². The van der Waals surface area contributed by atoms with Gasteiger partial charge in [0.25, 0.3) is 0 Å². The molecule has 5 heteroatoms. The van der Waals surface area contributed by atoms with Crippen molar-refractivity contribution in [2.45, 2.75) is 89.1 Å². The Morgan fingerprint density at radius 1 is 1.08 bits per heavy atom. The summed E-state index contributed by atoms with van der Waals surface area (Å²) in [4.78, 5) is 0. The van der Waals surface area contributed by atoms with Crippen molar-refractivity contribution in [1.82, 2.24) is 0 Å². The van der Waals surface area contributed by atoms with Gasteiger partial charge in [0.15, 0.2) is 0 Å². The minimum atomic E-state index is -1.05. The predicted molar refractivity (Wildman–Crippen MR) is 94.9 cm³/mol. The van der Waals surface area contributed by atoms with E-state index in [2.05, 4.69) is 19.1 Å². The number of aliphatic hydroxyl groups excluding tert-OH is 3. The van der Waals surface area contributed by atoms with Gasteiger partial charge in [-0.15, -0.1) is 0 Å². The average molecular weight is 344 g/mol. The van der Waals surface area contributed by atoms with Crippen LogP contribution in [0.25, 0.3) is 0 Å². The third kappa shape index (κ3) is 8.58. The van der Waals surface area contributed by atoms with E-state index < -0.39 is 31.0 Å². The van der Waals surface area contributed by atoms with Gasteiger partial charge in [0, 0.05) is 6.61 Å². The van der Waals surface area contributed by atoms with Crippen molar-refractivity contribution in [3.8, 4) is 0 Å². The largest absolute Gasteiger partial charge is 0.394 e. The van der Waals surface area contributed by atoms with Gasteiger partial charge in [0.2, 0.25) is 0 Å². The lowest BCUT2D eigenvalue weighted by Crippen LogP contribution is -2.41. The van der Waals surface area contributed by atoms with Gasteiger partial charge in [0.1, 0.15) is 24.4 Å². The summed E-state index contributed by atoms with van der Waals surface area (Å²) in [5, 5.41) is 28.4. The summed E-state index contributed by atoms with van der Waals surface area (Å²) in [7, 11) is 0. The molecule has 1 aliphatic heterocycles. The minimum Gasteiger partial charge on any atom is -0.394 e. The molecule has 1 saturated heterocycles. The Morgan fingerprint density at radius 3 is 2.42 bits per heavy atom. The standard InChI is InChI=1S/C19H36O5/c1-2-3-4-5-6-7-8-9-10-11-12-13-23-17-15-24-19(18(17)22)16(21)14-20/h6-7,16-22H,2-5,8-15H2,1H3/b7-6+/t16-,17+,18+,19+/m0/s1. The van der Waals surface area contributed by atoms with Crippen LogP contribution in [0.5, 0.6) is 0 Å². The summed E-state index contributed by atoms with van der Waals surface area (Å²) in [6, 6.07) is 0. The Hall–Kier alpha value is -0.460. The second kappa shape index (κ2) is 13.8. The first-order valence-corrected chi connectivity index (χ1v) is 9.55. The monoisotopic (exact) mass is 344 g/mol. The van der Waals surface area contributed by atoms with Gasteiger partial charge in [-0.2, -0.15) is 0 Å². The van der Waals surface area contributed by atoms with Crippen molar-refractivity contribution in [3.05, 3.63) is 12.2 Å². The van der Waals surface area contributed by atoms with Crippen LogP contribution >= 0.6 is 0 Å². The lowest BCUT2D eigenvalue weighted by molar-refractivity contribution is -0.0730. The summed E-state index contributed by atoms with van der Waals surface area (Å²) < 4.78 is 10.9. The molecular formula is C19H36O5. The predicted octanol–water partition coefficient (Wildman–Crippen LogP) is 2.57. The average Bonchev–Trinajstić information content (AvgIpc) is 2.96. The van der Waals surface area contributed by atoms with Crippen LogP contribution in [0.15, 0.2) is 12.2 Å². The first-order valence-electron chi connectivity index (χ1n) is 9.55. The first kappa shape index (κ1) is 21.6. The highest BCUT2D eigenvalue weighted by atomic mass is 16.6. The van der Waals surface area contributed by atoms with E-state index in [9.17, 15) is 10.2 Å². The SMILES string of the molecule is CCCCC/C=C/CCCCCCO[C@@H]1CO[C@H]([C@@H](O)CO)[C@@H]1O. The zero-order chi connectivity index (χ0) is 17.6. The van der Waals surface area contributed by atoms with E-state index in [1.807, 2.05) is 0 Å². The van der Waals surface area contributed by atoms with Gasteiger partial charge in [-0.3, -0.25) is 0 Å². The number of aliphatic hydroxyl groups is 3. The number of hydrogen-bond acceptors (Lipinski definition) is 5. The molecule has 1 fully saturated rings. The fourth-order valence-electron chi connectivity index (χ4n) is 2.90. The summed E-state index contributed by atoms with van der Waals surface area (Å²) in [5.41, 5.74) is 0. The smallest absolute Gasteiger partial charge is 0.114 e. The lowest BCUT2D eigenvalue weighted by Gasteiger charge is -2.20. The van der Waals surface area contributed by atoms with Gasteiger partial charge in [-0.25, -0.2) is 0 Å². The molecule has 0 spiro atoms. The van der Waals surface area contributed by atoms with Crippen LogP contribution in [0.2, 0.25) is 0 Å². The molecule has 5 nitrogen and oxygen atoms in total. The number of allylic oxidation sites excluding steroid dienone is 2. The fourth-order valence-corrected chi connectivity index (χ4v) is 2.90. The van der Waals surface area contributed by atoms with Crippen LogP contribution in [0.3, 0.4) is 0 Å². The molecule has 0 aromatic carbocycles. The maximum atomic E-state index is 10.00. The third-order valence-corrected chi connectivity index (χ3v) is 4.47.